The summed E-state index contributed by atoms with van der Waals surface area (Å²) in [5, 5.41) is -3.93. The lowest BCUT2D eigenvalue weighted by Crippen LogP contribution is -2.05. The summed E-state index contributed by atoms with van der Waals surface area (Å²) in [6.07, 6.45) is 15.0. The number of hydrogen-bond donors (Lipinski definition) is 0. The summed E-state index contributed by atoms with van der Waals surface area (Å²) >= 11 is 19.1. The number of hydrogen-bond acceptors (Lipinski definition) is 6. The van der Waals surface area contributed by atoms with Crippen molar-refractivity contribution in [3.63, 3.8) is 0 Å². The van der Waals surface area contributed by atoms with Gasteiger partial charge in [-0.15, -0.1) is 0 Å². The number of rotatable bonds is 18. The highest BCUT2D eigenvalue weighted by Crippen LogP contribution is 2.75. The van der Waals surface area contributed by atoms with Gasteiger partial charge >= 0.3 is 10.8 Å². The highest BCUT2D eigenvalue weighted by atomic mass is 33.2. The van der Waals surface area contributed by atoms with E-state index in [-0.39, 0.29) is 0 Å². The molecule has 0 rings (SSSR count). The van der Waals surface area contributed by atoms with Crippen LogP contribution in [0.1, 0.15) is 80.1 Å². The quantitative estimate of drug-likeness (QED) is 0.118. The maximum absolute atomic E-state index is 6.35. The molecular formula is C18H42AlP3S6. The predicted molar refractivity (Wildman–Crippen MR) is 162 cm³/mol. The Balaban J connectivity index is 5.76. The molecule has 0 atom stereocenters. The first-order valence-corrected chi connectivity index (χ1v) is 29.2. The lowest BCUT2D eigenvalue weighted by atomic mass is 10.6. The van der Waals surface area contributed by atoms with Gasteiger partial charge in [-0.05, 0) is 52.7 Å². The zero-order valence-electron chi connectivity index (χ0n) is 18.9. The Hall–Kier alpha value is 3.53. The Labute approximate surface area is 206 Å². The van der Waals surface area contributed by atoms with E-state index in [0.29, 0.717) is 0 Å². The molecule has 0 aliphatic carbocycles. The van der Waals surface area contributed by atoms with E-state index in [2.05, 4.69) is 70.8 Å². The van der Waals surface area contributed by atoms with E-state index in [1.54, 1.807) is 0 Å². The molecule has 0 N–H and O–H groups in total. The molecule has 0 aromatic carbocycles. The third kappa shape index (κ3) is 13.3. The van der Waals surface area contributed by atoms with Gasteiger partial charge in [0.2, 0.25) is 0 Å². The molecule has 0 spiro atoms. The van der Waals surface area contributed by atoms with Crippen LogP contribution in [0.25, 0.3) is 0 Å². The van der Waals surface area contributed by atoms with Crippen molar-refractivity contribution < 1.29 is 0 Å². The largest absolute Gasteiger partial charge is 0.530 e. The van der Waals surface area contributed by atoms with Crippen molar-refractivity contribution in [1.29, 1.82) is 0 Å². The zero-order valence-corrected chi connectivity index (χ0v) is 27.6. The third-order valence-corrected chi connectivity index (χ3v) is 60.2. The smallest absolute Gasteiger partial charge is 0.192 e. The van der Waals surface area contributed by atoms with E-state index in [0.717, 1.165) is 0 Å². The summed E-state index contributed by atoms with van der Waals surface area (Å²) in [4.78, 5) is 0. The second kappa shape index (κ2) is 17.0. The zero-order chi connectivity index (χ0) is 21.7. The van der Waals surface area contributed by atoms with Crippen molar-refractivity contribution >= 4 is 91.1 Å². The summed E-state index contributed by atoms with van der Waals surface area (Å²) in [6.45, 7) is 13.9. The lowest BCUT2D eigenvalue weighted by Gasteiger charge is -2.31. The monoisotopic (exact) mass is 570 g/mol. The molecule has 0 amide bonds. The molecule has 0 nitrogen and oxygen atoms in total. The topological polar surface area (TPSA) is 0 Å². The molecule has 0 fully saturated rings. The van der Waals surface area contributed by atoms with Crippen LogP contribution in [-0.2, 0) is 35.4 Å². The van der Waals surface area contributed by atoms with Crippen LogP contribution in [0.3, 0.4) is 0 Å². The van der Waals surface area contributed by atoms with Crippen molar-refractivity contribution in [2.24, 2.45) is 0 Å². The predicted octanol–water partition coefficient (Wildman–Crippen LogP) is 9.81. The average molecular weight is 571 g/mol. The van der Waals surface area contributed by atoms with Gasteiger partial charge in [-0.2, -0.15) is 29.2 Å². The Morgan fingerprint density at radius 3 is 0.786 bits per heavy atom. The molecule has 0 aromatic rings. The molecule has 0 heterocycles. The van der Waals surface area contributed by atoms with Crippen molar-refractivity contribution in [2.75, 3.05) is 37.0 Å². The van der Waals surface area contributed by atoms with E-state index < -0.39 is 26.5 Å². The van der Waals surface area contributed by atoms with Gasteiger partial charge in [0.1, 0.15) is 0 Å². The Kier molecular flexibility index (Phi) is 19.2. The molecule has 0 unspecified atom stereocenters. The molecule has 0 aliphatic heterocycles. The van der Waals surface area contributed by atoms with Gasteiger partial charge in [0.25, 0.3) is 0 Å². The fraction of sp³-hybridized carbons (Fsp3) is 1.00. The summed E-state index contributed by atoms with van der Waals surface area (Å²) in [7, 11) is 5.72. The van der Waals surface area contributed by atoms with Crippen LogP contribution in [0.15, 0.2) is 0 Å². The minimum atomic E-state index is -1.31. The summed E-state index contributed by atoms with van der Waals surface area (Å²) in [5.74, 6) is 0. The first-order valence-electron chi connectivity index (χ1n) is 10.9. The van der Waals surface area contributed by atoms with Gasteiger partial charge in [0.05, 0.1) is 0 Å². The molecule has 0 radical (unpaired) electrons. The van der Waals surface area contributed by atoms with Gasteiger partial charge in [0.15, 0.2) is 0 Å². The highest BCUT2D eigenvalue weighted by Gasteiger charge is 2.37. The lowest BCUT2D eigenvalue weighted by molar-refractivity contribution is 1.06. The van der Waals surface area contributed by atoms with Crippen LogP contribution in [0.4, 0.5) is 0 Å². The van der Waals surface area contributed by atoms with Crippen LogP contribution >= 0.6 is 45.0 Å². The van der Waals surface area contributed by atoms with Crippen LogP contribution in [0, 0.1) is 0 Å². The van der Waals surface area contributed by atoms with Gasteiger partial charge in [0, 0.05) is 0 Å². The Bertz CT molecular complexity index is 451. The van der Waals surface area contributed by atoms with E-state index in [4.69, 9.17) is 35.4 Å². The molecule has 28 heavy (non-hydrogen) atoms. The van der Waals surface area contributed by atoms with Crippen LogP contribution in [-0.4, -0.2) is 47.7 Å². The molecule has 0 saturated heterocycles. The van der Waals surface area contributed by atoms with Crippen molar-refractivity contribution in [2.45, 2.75) is 80.1 Å². The van der Waals surface area contributed by atoms with Crippen molar-refractivity contribution in [3.05, 3.63) is 0 Å². The van der Waals surface area contributed by atoms with Gasteiger partial charge in [-0.1, -0.05) is 115 Å². The molecular weight excluding hydrogens is 529 g/mol. The Morgan fingerprint density at radius 2 is 0.643 bits per heavy atom. The van der Waals surface area contributed by atoms with Crippen molar-refractivity contribution in [1.82, 2.24) is 0 Å². The average Bonchev–Trinajstić information content (AvgIpc) is 2.55. The van der Waals surface area contributed by atoms with Crippen LogP contribution in [0.5, 0.6) is 0 Å². The minimum absolute atomic E-state index is 1.21. The van der Waals surface area contributed by atoms with Gasteiger partial charge in [-0.25, -0.2) is 0 Å². The molecule has 0 aliphatic rings. The fourth-order valence-corrected chi connectivity index (χ4v) is 91.5. The standard InChI is InChI=1S/3C6H15PS2.Al/c3*1-3-5-7(8,9)6-4-2;/h3*3-6H2,1-2H3,(H,8,9);/q;;;+3/p-3. The SMILES string of the molecule is CCCP(=S)(CCC)[S][Al]([S]P(=S)(CCC)CCC)[S]P(=S)(CCC)CCC. The second-order valence-electron chi connectivity index (χ2n) is 7.39. The summed E-state index contributed by atoms with van der Waals surface area (Å²) < 4.78 is 0. The van der Waals surface area contributed by atoms with E-state index in [1.165, 1.54) is 75.5 Å². The van der Waals surface area contributed by atoms with Gasteiger partial charge < -0.3 is 0 Å². The van der Waals surface area contributed by atoms with E-state index in [1.807, 2.05) is 0 Å². The molecule has 10 heteroatoms. The maximum Gasteiger partial charge on any atom is 0.530 e. The second-order valence-corrected chi connectivity index (χ2v) is 45.3. The van der Waals surface area contributed by atoms with Crippen LogP contribution < -0.4 is 0 Å². The van der Waals surface area contributed by atoms with Crippen molar-refractivity contribution in [3.8, 4) is 0 Å². The molecule has 0 saturated carbocycles. The minimum Gasteiger partial charge on any atom is -0.192 e. The van der Waals surface area contributed by atoms with Crippen LogP contribution in [0.2, 0.25) is 0 Å². The normalized spacial score (nSPS) is 13.1. The maximum atomic E-state index is 6.35. The molecule has 0 bridgehead atoms. The highest BCUT2D eigenvalue weighted by molar-refractivity contribution is 9.12. The first kappa shape index (κ1) is 31.5. The fourth-order valence-electron chi connectivity index (χ4n) is 3.22. The first-order chi connectivity index (χ1) is 13.1. The van der Waals surface area contributed by atoms with E-state index in [9.17, 15) is 0 Å². The summed E-state index contributed by atoms with van der Waals surface area (Å²) in [5.41, 5.74) is 0. The van der Waals surface area contributed by atoms with Gasteiger partial charge in [-0.3, -0.25) is 0 Å². The molecule has 0 aromatic heterocycles. The Morgan fingerprint density at radius 1 is 0.464 bits per heavy atom. The summed E-state index contributed by atoms with van der Waals surface area (Å²) in [6, 6.07) is 0. The van der Waals surface area contributed by atoms with E-state index >= 15 is 0 Å². The molecule has 168 valence electrons. The third-order valence-electron chi connectivity index (χ3n) is 4.22.